The van der Waals surface area contributed by atoms with Crippen LogP contribution in [0.15, 0.2) is 48.5 Å². The summed E-state index contributed by atoms with van der Waals surface area (Å²) in [5, 5.41) is 10.2. The van der Waals surface area contributed by atoms with Crippen LogP contribution in [0.1, 0.15) is 24.0 Å². The number of aliphatic hydroxyl groups excluding tert-OH is 1. The Morgan fingerprint density at radius 3 is 2.81 bits per heavy atom. The van der Waals surface area contributed by atoms with E-state index in [1.165, 1.54) is 29.3 Å². The molecule has 2 aromatic carbocycles. The van der Waals surface area contributed by atoms with E-state index >= 15 is 0 Å². The summed E-state index contributed by atoms with van der Waals surface area (Å²) in [6.07, 6.45) is 1.10. The highest BCUT2D eigenvalue weighted by Crippen LogP contribution is 2.19. The van der Waals surface area contributed by atoms with Gasteiger partial charge in [0.15, 0.2) is 5.78 Å². The third-order valence-electron chi connectivity index (χ3n) is 4.63. The molecule has 1 heterocycles. The van der Waals surface area contributed by atoms with Crippen molar-refractivity contribution in [1.82, 2.24) is 4.90 Å². The zero-order valence-corrected chi connectivity index (χ0v) is 14.7. The first kappa shape index (κ1) is 18.5. The number of Topliss-reactive ketones (excluding diaryl/α,β-unsaturated/α-hetero) is 1. The first-order chi connectivity index (χ1) is 12.6. The third-order valence-corrected chi connectivity index (χ3v) is 4.63. The largest absolute Gasteiger partial charge is 0.486 e. The second kappa shape index (κ2) is 8.92. The normalized spacial score (nSPS) is 15.3. The summed E-state index contributed by atoms with van der Waals surface area (Å²) in [7, 11) is 0. The molecule has 138 valence electrons. The Balaban J connectivity index is 1.37. The molecule has 0 saturated heterocycles. The van der Waals surface area contributed by atoms with Gasteiger partial charge in [0.1, 0.15) is 18.2 Å². The predicted octanol–water partition coefficient (Wildman–Crippen LogP) is 2.97. The van der Waals surface area contributed by atoms with E-state index in [1.54, 1.807) is 6.07 Å². The van der Waals surface area contributed by atoms with Crippen LogP contribution in [0.2, 0.25) is 0 Å². The molecule has 5 heteroatoms. The van der Waals surface area contributed by atoms with Gasteiger partial charge in [-0.1, -0.05) is 30.3 Å². The van der Waals surface area contributed by atoms with Crippen molar-refractivity contribution in [3.8, 4) is 5.75 Å². The molecule has 0 aliphatic carbocycles. The Hall–Kier alpha value is -2.24. The van der Waals surface area contributed by atoms with Crippen LogP contribution in [0.5, 0.6) is 5.75 Å². The van der Waals surface area contributed by atoms with Crippen LogP contribution >= 0.6 is 0 Å². The van der Waals surface area contributed by atoms with Gasteiger partial charge in [0, 0.05) is 32.1 Å². The molecule has 0 saturated carbocycles. The number of halogens is 1. The first-order valence-electron chi connectivity index (χ1n) is 8.97. The molecule has 2 aromatic rings. The van der Waals surface area contributed by atoms with Crippen molar-refractivity contribution in [2.24, 2.45) is 0 Å². The molecule has 0 amide bonds. The minimum Gasteiger partial charge on any atom is -0.486 e. The molecule has 1 atom stereocenters. The number of ketones is 1. The van der Waals surface area contributed by atoms with Crippen molar-refractivity contribution in [2.75, 3.05) is 19.7 Å². The van der Waals surface area contributed by atoms with Crippen molar-refractivity contribution in [2.45, 2.75) is 31.9 Å². The number of benzene rings is 2. The van der Waals surface area contributed by atoms with Gasteiger partial charge < -0.3 is 9.84 Å². The average Bonchev–Trinajstić information content (AvgIpc) is 2.65. The number of β-amino-alcohol motifs (C(OH)–C–C–N with tert-alkyl or cyclic N) is 1. The minimum atomic E-state index is -0.543. The highest BCUT2D eigenvalue weighted by molar-refractivity contribution is 5.79. The van der Waals surface area contributed by atoms with Gasteiger partial charge in [0.2, 0.25) is 0 Å². The molecule has 1 unspecified atom stereocenters. The SMILES string of the molecule is O=C(CCC(O)CN1CCc2ccccc2C1)COc1cccc(F)c1. The monoisotopic (exact) mass is 357 g/mol. The number of fused-ring (bicyclic) bond motifs is 1. The van der Waals surface area contributed by atoms with E-state index < -0.39 is 11.9 Å². The summed E-state index contributed by atoms with van der Waals surface area (Å²) >= 11 is 0. The van der Waals surface area contributed by atoms with Gasteiger partial charge in [-0.25, -0.2) is 4.39 Å². The van der Waals surface area contributed by atoms with Crippen LogP contribution in [-0.2, 0) is 17.8 Å². The maximum atomic E-state index is 13.1. The number of rotatable bonds is 8. The molecule has 0 bridgehead atoms. The molecule has 26 heavy (non-hydrogen) atoms. The molecule has 3 rings (SSSR count). The molecular formula is C21H24FNO3. The van der Waals surface area contributed by atoms with Gasteiger partial charge in [-0.05, 0) is 36.1 Å². The van der Waals surface area contributed by atoms with E-state index in [9.17, 15) is 14.3 Å². The van der Waals surface area contributed by atoms with Crippen molar-refractivity contribution in [3.05, 3.63) is 65.5 Å². The van der Waals surface area contributed by atoms with Crippen LogP contribution < -0.4 is 4.74 Å². The summed E-state index contributed by atoms with van der Waals surface area (Å²) in [4.78, 5) is 14.1. The molecule has 1 aliphatic rings. The maximum Gasteiger partial charge on any atom is 0.170 e. The van der Waals surface area contributed by atoms with Crippen molar-refractivity contribution < 1.29 is 19.0 Å². The van der Waals surface area contributed by atoms with E-state index in [1.807, 2.05) is 6.07 Å². The van der Waals surface area contributed by atoms with E-state index in [4.69, 9.17) is 4.74 Å². The maximum absolute atomic E-state index is 13.1. The highest BCUT2D eigenvalue weighted by atomic mass is 19.1. The molecule has 4 nitrogen and oxygen atoms in total. The van der Waals surface area contributed by atoms with Crippen LogP contribution in [0.3, 0.4) is 0 Å². The summed E-state index contributed by atoms with van der Waals surface area (Å²) < 4.78 is 18.3. The summed E-state index contributed by atoms with van der Waals surface area (Å²) in [6.45, 7) is 2.22. The lowest BCUT2D eigenvalue weighted by molar-refractivity contribution is -0.121. The zero-order valence-electron chi connectivity index (χ0n) is 14.7. The Kier molecular flexibility index (Phi) is 6.36. The van der Waals surface area contributed by atoms with Crippen molar-refractivity contribution >= 4 is 5.78 Å². The molecular weight excluding hydrogens is 333 g/mol. The number of ether oxygens (including phenoxy) is 1. The zero-order chi connectivity index (χ0) is 18.4. The summed E-state index contributed by atoms with van der Waals surface area (Å²) in [5.41, 5.74) is 2.69. The topological polar surface area (TPSA) is 49.8 Å². The number of nitrogens with zero attached hydrogens (tertiary/aromatic N) is 1. The fraction of sp³-hybridized carbons (Fsp3) is 0.381. The van der Waals surface area contributed by atoms with Crippen LogP contribution in [0, 0.1) is 5.82 Å². The van der Waals surface area contributed by atoms with Gasteiger partial charge in [-0.15, -0.1) is 0 Å². The summed E-state index contributed by atoms with van der Waals surface area (Å²) in [6, 6.07) is 14.1. The average molecular weight is 357 g/mol. The molecule has 0 aromatic heterocycles. The molecule has 0 radical (unpaired) electrons. The Morgan fingerprint density at radius 1 is 1.19 bits per heavy atom. The Bertz CT molecular complexity index is 750. The van der Waals surface area contributed by atoms with Gasteiger partial charge in [0.25, 0.3) is 0 Å². The lowest BCUT2D eigenvalue weighted by Crippen LogP contribution is -2.36. The van der Waals surface area contributed by atoms with Crippen LogP contribution in [0.25, 0.3) is 0 Å². The summed E-state index contributed by atoms with van der Waals surface area (Å²) in [5.74, 6) is -0.156. The number of aliphatic hydroxyl groups is 1. The number of carbonyl (C=O) groups excluding carboxylic acids is 1. The Labute approximate surface area is 153 Å². The highest BCUT2D eigenvalue weighted by Gasteiger charge is 2.19. The second-order valence-electron chi connectivity index (χ2n) is 6.73. The fourth-order valence-corrected chi connectivity index (χ4v) is 3.22. The Morgan fingerprint density at radius 2 is 2.00 bits per heavy atom. The lowest BCUT2D eigenvalue weighted by Gasteiger charge is -2.30. The molecule has 0 fully saturated rings. The van der Waals surface area contributed by atoms with Gasteiger partial charge in [-0.2, -0.15) is 0 Å². The molecule has 1 N–H and O–H groups in total. The minimum absolute atomic E-state index is 0.0997. The molecule has 1 aliphatic heterocycles. The van der Waals surface area contributed by atoms with Gasteiger partial charge in [-0.3, -0.25) is 9.69 Å². The quantitative estimate of drug-likeness (QED) is 0.789. The lowest BCUT2D eigenvalue weighted by atomic mass is 9.99. The van der Waals surface area contributed by atoms with E-state index in [0.717, 1.165) is 19.5 Å². The molecule has 0 spiro atoms. The number of hydrogen-bond acceptors (Lipinski definition) is 4. The van der Waals surface area contributed by atoms with E-state index in [0.29, 0.717) is 18.7 Å². The van der Waals surface area contributed by atoms with E-state index in [2.05, 4.69) is 23.1 Å². The van der Waals surface area contributed by atoms with Crippen LogP contribution in [-0.4, -0.2) is 41.6 Å². The van der Waals surface area contributed by atoms with E-state index in [-0.39, 0.29) is 18.8 Å². The fourth-order valence-electron chi connectivity index (χ4n) is 3.22. The second-order valence-corrected chi connectivity index (χ2v) is 6.73. The first-order valence-corrected chi connectivity index (χ1v) is 8.97. The predicted molar refractivity (Wildman–Crippen MR) is 97.6 cm³/mol. The number of carbonyl (C=O) groups is 1. The van der Waals surface area contributed by atoms with Gasteiger partial charge in [0.05, 0.1) is 6.10 Å². The smallest absolute Gasteiger partial charge is 0.170 e. The number of hydrogen-bond donors (Lipinski definition) is 1. The van der Waals surface area contributed by atoms with Gasteiger partial charge >= 0.3 is 0 Å². The van der Waals surface area contributed by atoms with Crippen LogP contribution in [0.4, 0.5) is 4.39 Å². The standard InChI is InChI=1S/C21H24FNO3/c22-18-6-3-7-21(12-18)26-15-20(25)9-8-19(24)14-23-11-10-16-4-1-2-5-17(16)13-23/h1-7,12,19,24H,8-11,13-15H2. The van der Waals surface area contributed by atoms with Crippen molar-refractivity contribution in [3.63, 3.8) is 0 Å². The third kappa shape index (κ3) is 5.38. The van der Waals surface area contributed by atoms with Crippen molar-refractivity contribution in [1.29, 1.82) is 0 Å².